The molecule has 0 atom stereocenters. The van der Waals surface area contributed by atoms with Crippen LogP contribution in [0.4, 0.5) is 18.9 Å². The third kappa shape index (κ3) is 2.85. The summed E-state index contributed by atoms with van der Waals surface area (Å²) in [6.45, 7) is 0. The number of carbonyl (C=O) groups excluding carboxylic acids is 1. The second-order valence-corrected chi connectivity index (χ2v) is 3.11. The van der Waals surface area contributed by atoms with Gasteiger partial charge in [-0.05, 0) is 12.1 Å². The van der Waals surface area contributed by atoms with Crippen molar-refractivity contribution >= 4 is 18.0 Å². The van der Waals surface area contributed by atoms with Crippen LogP contribution in [0.5, 0.6) is 0 Å². The van der Waals surface area contributed by atoms with Gasteiger partial charge in [0.1, 0.15) is 6.29 Å². The first kappa shape index (κ1) is 12.3. The van der Waals surface area contributed by atoms with Crippen molar-refractivity contribution < 1.29 is 18.0 Å². The summed E-state index contributed by atoms with van der Waals surface area (Å²) < 4.78 is 37.7. The molecule has 0 amide bonds. The average molecular weight is 229 g/mol. The van der Waals surface area contributed by atoms with Gasteiger partial charge in [0.2, 0.25) is 0 Å². The topological polar surface area (TPSA) is 43.1 Å². The minimum atomic E-state index is -4.45. The van der Waals surface area contributed by atoms with Gasteiger partial charge in [-0.2, -0.15) is 13.2 Å². The number of nitrogen functional groups attached to an aromatic ring is 1. The number of benzene rings is 1. The van der Waals surface area contributed by atoms with E-state index in [1.807, 2.05) is 0 Å². The van der Waals surface area contributed by atoms with Crippen molar-refractivity contribution in [3.63, 3.8) is 0 Å². The van der Waals surface area contributed by atoms with Crippen LogP contribution in [-0.2, 0) is 11.0 Å². The van der Waals surface area contributed by atoms with Crippen LogP contribution in [0.15, 0.2) is 24.3 Å². The first-order valence-corrected chi connectivity index (χ1v) is 4.52. The molecule has 0 bridgehead atoms. The van der Waals surface area contributed by atoms with Gasteiger partial charge in [-0.3, -0.25) is 0 Å². The van der Waals surface area contributed by atoms with E-state index in [2.05, 4.69) is 0 Å². The summed E-state index contributed by atoms with van der Waals surface area (Å²) in [5.41, 5.74) is 4.60. The first-order chi connectivity index (χ1) is 7.46. The molecule has 86 valence electrons. The van der Waals surface area contributed by atoms with Crippen LogP contribution in [0.25, 0.3) is 6.08 Å². The molecule has 5 heteroatoms. The number of rotatable bonds is 3. The number of hydrogen-bond acceptors (Lipinski definition) is 2. The number of carbonyl (C=O) groups is 1. The normalized spacial score (nSPS) is 11.9. The standard InChI is InChI=1S/C11H10F3NO/c12-11(13,14)9-5-3-6-10(15)8(9)4-1-2-7-16/h1,3-7H,2,15H2. The van der Waals surface area contributed by atoms with Crippen LogP contribution in [0, 0.1) is 0 Å². The molecule has 2 N–H and O–H groups in total. The molecule has 0 saturated heterocycles. The molecule has 0 aliphatic heterocycles. The lowest BCUT2D eigenvalue weighted by atomic mass is 10.0. The summed E-state index contributed by atoms with van der Waals surface area (Å²) in [7, 11) is 0. The number of aldehydes is 1. The summed E-state index contributed by atoms with van der Waals surface area (Å²) in [5, 5.41) is 0. The molecule has 0 saturated carbocycles. The molecule has 0 aliphatic rings. The summed E-state index contributed by atoms with van der Waals surface area (Å²) in [5.74, 6) is 0. The van der Waals surface area contributed by atoms with Crippen molar-refractivity contribution in [2.45, 2.75) is 12.6 Å². The Morgan fingerprint density at radius 3 is 2.56 bits per heavy atom. The smallest absolute Gasteiger partial charge is 0.398 e. The predicted molar refractivity (Wildman–Crippen MR) is 55.6 cm³/mol. The number of allylic oxidation sites excluding steroid dienone is 1. The van der Waals surface area contributed by atoms with E-state index in [1.54, 1.807) is 0 Å². The number of anilines is 1. The maximum atomic E-state index is 12.6. The van der Waals surface area contributed by atoms with Gasteiger partial charge in [-0.15, -0.1) is 0 Å². The number of hydrogen-bond donors (Lipinski definition) is 1. The van der Waals surface area contributed by atoms with E-state index in [9.17, 15) is 18.0 Å². The maximum Gasteiger partial charge on any atom is 0.417 e. The summed E-state index contributed by atoms with van der Waals surface area (Å²) in [6.07, 6.45) is -1.23. The van der Waals surface area contributed by atoms with Gasteiger partial charge in [0.05, 0.1) is 5.56 Å². The van der Waals surface area contributed by atoms with E-state index in [0.29, 0.717) is 6.29 Å². The van der Waals surface area contributed by atoms with E-state index in [1.165, 1.54) is 24.3 Å². The van der Waals surface area contributed by atoms with Crippen molar-refractivity contribution in [2.24, 2.45) is 0 Å². The fraction of sp³-hybridized carbons (Fsp3) is 0.182. The molecule has 1 aromatic carbocycles. The van der Waals surface area contributed by atoms with Crippen molar-refractivity contribution in [3.05, 3.63) is 35.4 Å². The Balaban J connectivity index is 3.19. The van der Waals surface area contributed by atoms with Gasteiger partial charge in [0, 0.05) is 17.7 Å². The quantitative estimate of drug-likeness (QED) is 0.639. The minimum absolute atomic E-state index is 0.0389. The fourth-order valence-corrected chi connectivity index (χ4v) is 1.26. The van der Waals surface area contributed by atoms with E-state index in [0.717, 1.165) is 6.07 Å². The summed E-state index contributed by atoms with van der Waals surface area (Å²) in [4.78, 5) is 10.1. The zero-order valence-electron chi connectivity index (χ0n) is 8.29. The molecule has 16 heavy (non-hydrogen) atoms. The van der Waals surface area contributed by atoms with Crippen molar-refractivity contribution in [2.75, 3.05) is 5.73 Å². The lowest BCUT2D eigenvalue weighted by molar-refractivity contribution is -0.137. The van der Waals surface area contributed by atoms with Gasteiger partial charge >= 0.3 is 6.18 Å². The summed E-state index contributed by atoms with van der Waals surface area (Å²) in [6, 6.07) is 3.59. The van der Waals surface area contributed by atoms with Crippen LogP contribution in [0.3, 0.4) is 0 Å². The van der Waals surface area contributed by atoms with E-state index in [-0.39, 0.29) is 17.7 Å². The molecule has 2 nitrogen and oxygen atoms in total. The molecule has 0 fully saturated rings. The number of nitrogens with two attached hydrogens (primary N) is 1. The molecule has 0 unspecified atom stereocenters. The Morgan fingerprint density at radius 2 is 2.00 bits per heavy atom. The second-order valence-electron chi connectivity index (χ2n) is 3.11. The third-order valence-corrected chi connectivity index (χ3v) is 1.96. The second kappa shape index (κ2) is 4.83. The average Bonchev–Trinajstić information content (AvgIpc) is 2.19. The zero-order valence-corrected chi connectivity index (χ0v) is 8.29. The van der Waals surface area contributed by atoms with Crippen molar-refractivity contribution in [3.8, 4) is 0 Å². The Bertz CT molecular complexity index is 410. The van der Waals surface area contributed by atoms with Gasteiger partial charge in [0.15, 0.2) is 0 Å². The SMILES string of the molecule is Nc1cccc(C(F)(F)F)c1C=CCC=O. The van der Waals surface area contributed by atoms with E-state index in [4.69, 9.17) is 5.73 Å². The van der Waals surface area contributed by atoms with E-state index < -0.39 is 11.7 Å². The van der Waals surface area contributed by atoms with Crippen LogP contribution in [0.2, 0.25) is 0 Å². The summed E-state index contributed by atoms with van der Waals surface area (Å²) >= 11 is 0. The third-order valence-electron chi connectivity index (χ3n) is 1.96. The van der Waals surface area contributed by atoms with Crippen molar-refractivity contribution in [1.29, 1.82) is 0 Å². The monoisotopic (exact) mass is 229 g/mol. The maximum absolute atomic E-state index is 12.6. The van der Waals surface area contributed by atoms with Gasteiger partial charge in [0.25, 0.3) is 0 Å². The molecule has 0 spiro atoms. The largest absolute Gasteiger partial charge is 0.417 e. The Hall–Kier alpha value is -1.78. The van der Waals surface area contributed by atoms with Gasteiger partial charge < -0.3 is 10.5 Å². The number of halogens is 3. The fourth-order valence-electron chi connectivity index (χ4n) is 1.26. The minimum Gasteiger partial charge on any atom is -0.398 e. The highest BCUT2D eigenvalue weighted by atomic mass is 19.4. The lowest BCUT2D eigenvalue weighted by Gasteiger charge is -2.11. The Morgan fingerprint density at radius 1 is 1.31 bits per heavy atom. The first-order valence-electron chi connectivity index (χ1n) is 4.52. The number of alkyl halides is 3. The molecule has 0 radical (unpaired) electrons. The van der Waals surface area contributed by atoms with Crippen LogP contribution in [0.1, 0.15) is 17.5 Å². The molecule has 0 aromatic heterocycles. The Kier molecular flexibility index (Phi) is 3.71. The molecule has 1 aromatic rings. The molecule has 1 rings (SSSR count). The van der Waals surface area contributed by atoms with Gasteiger partial charge in [-0.25, -0.2) is 0 Å². The zero-order chi connectivity index (χ0) is 12.2. The van der Waals surface area contributed by atoms with Crippen LogP contribution < -0.4 is 5.73 Å². The Labute approximate surface area is 90.6 Å². The van der Waals surface area contributed by atoms with Crippen LogP contribution in [-0.4, -0.2) is 6.29 Å². The molecule has 0 aliphatic carbocycles. The van der Waals surface area contributed by atoms with Crippen molar-refractivity contribution in [1.82, 2.24) is 0 Å². The molecule has 0 heterocycles. The highest BCUT2D eigenvalue weighted by Crippen LogP contribution is 2.34. The predicted octanol–water partition coefficient (Wildman–Crippen LogP) is 2.89. The highest BCUT2D eigenvalue weighted by Gasteiger charge is 2.33. The highest BCUT2D eigenvalue weighted by molar-refractivity contribution is 5.69. The van der Waals surface area contributed by atoms with Crippen LogP contribution >= 0.6 is 0 Å². The lowest BCUT2D eigenvalue weighted by Crippen LogP contribution is -2.08. The molecular weight excluding hydrogens is 219 g/mol. The van der Waals surface area contributed by atoms with E-state index >= 15 is 0 Å². The molecular formula is C11H10F3NO. The van der Waals surface area contributed by atoms with Gasteiger partial charge in [-0.1, -0.05) is 18.2 Å².